The van der Waals surface area contributed by atoms with Crippen LogP contribution in [0.1, 0.15) is 12.5 Å². The first kappa shape index (κ1) is 13.2. The number of alkyl halides is 1. The van der Waals surface area contributed by atoms with E-state index in [4.69, 9.17) is 0 Å². The lowest BCUT2D eigenvalue weighted by molar-refractivity contribution is -0.115. The molecule has 0 radical (unpaired) electrons. The number of nitrogens with one attached hydrogen (secondary N) is 1. The van der Waals surface area contributed by atoms with Crippen molar-refractivity contribution in [2.24, 2.45) is 0 Å². The zero-order valence-electron chi connectivity index (χ0n) is 10.1. The molecule has 1 heterocycles. The smallest absolute Gasteiger partial charge is 0.239 e. The number of hydrogen-bond acceptors (Lipinski definition) is 3. The first-order valence-electron chi connectivity index (χ1n) is 5.54. The van der Waals surface area contributed by atoms with Crippen molar-refractivity contribution in [1.82, 2.24) is 4.98 Å². The minimum atomic E-state index is -0.218. The molecule has 0 aliphatic carbocycles. The van der Waals surface area contributed by atoms with Crippen molar-refractivity contribution >= 4 is 38.3 Å². The Hall–Kier alpha value is -1.20. The number of thiazole rings is 1. The van der Waals surface area contributed by atoms with Crippen LogP contribution in [0.25, 0.3) is 11.3 Å². The molecular weight excluding hydrogens is 312 g/mol. The Bertz CT molecular complexity index is 548. The van der Waals surface area contributed by atoms with Crippen molar-refractivity contribution in [2.45, 2.75) is 18.7 Å². The number of nitrogens with zero attached hydrogens (tertiary/aromatic N) is 1. The van der Waals surface area contributed by atoms with Gasteiger partial charge in [0.25, 0.3) is 0 Å². The summed E-state index contributed by atoms with van der Waals surface area (Å²) in [5, 5.41) is 5.33. The number of carbonyl (C=O) groups excluding carboxylic acids is 1. The predicted molar refractivity (Wildman–Crippen MR) is 79.3 cm³/mol. The van der Waals surface area contributed by atoms with Crippen molar-refractivity contribution in [2.75, 3.05) is 5.32 Å². The Balaban J connectivity index is 2.15. The molecule has 2 rings (SSSR count). The summed E-state index contributed by atoms with van der Waals surface area (Å²) in [5.41, 5.74) is 3.16. The van der Waals surface area contributed by atoms with Crippen molar-refractivity contribution < 1.29 is 4.79 Å². The lowest BCUT2D eigenvalue weighted by Gasteiger charge is -2.02. The Morgan fingerprint density at radius 3 is 2.67 bits per heavy atom. The van der Waals surface area contributed by atoms with Crippen LogP contribution >= 0.6 is 27.3 Å². The summed E-state index contributed by atoms with van der Waals surface area (Å²) in [7, 11) is 0. The maximum Gasteiger partial charge on any atom is 0.239 e. The van der Waals surface area contributed by atoms with Crippen LogP contribution in [0.4, 0.5) is 5.13 Å². The lowest BCUT2D eigenvalue weighted by atomic mass is 10.1. The fraction of sp³-hybridized carbons (Fsp3) is 0.231. The van der Waals surface area contributed by atoms with Gasteiger partial charge in [0.05, 0.1) is 10.5 Å². The topological polar surface area (TPSA) is 42.0 Å². The molecule has 0 aliphatic rings. The maximum atomic E-state index is 11.5. The van der Waals surface area contributed by atoms with E-state index in [1.165, 1.54) is 16.9 Å². The number of aromatic nitrogens is 1. The van der Waals surface area contributed by atoms with Crippen LogP contribution in [-0.2, 0) is 4.79 Å². The molecule has 0 bridgehead atoms. The number of hydrogen-bond donors (Lipinski definition) is 1. The van der Waals surface area contributed by atoms with Gasteiger partial charge < -0.3 is 5.32 Å². The number of aryl methyl sites for hydroxylation is 1. The number of rotatable bonds is 3. The van der Waals surface area contributed by atoms with Gasteiger partial charge in [-0.1, -0.05) is 45.8 Å². The van der Waals surface area contributed by atoms with Gasteiger partial charge in [-0.05, 0) is 13.8 Å². The molecule has 94 valence electrons. The van der Waals surface area contributed by atoms with Crippen LogP contribution in [0.2, 0.25) is 0 Å². The van der Waals surface area contributed by atoms with Gasteiger partial charge in [0.1, 0.15) is 0 Å². The third kappa shape index (κ3) is 3.17. The van der Waals surface area contributed by atoms with Gasteiger partial charge in [-0.15, -0.1) is 11.3 Å². The lowest BCUT2D eigenvalue weighted by Crippen LogP contribution is -2.19. The van der Waals surface area contributed by atoms with E-state index in [0.29, 0.717) is 5.13 Å². The summed E-state index contributed by atoms with van der Waals surface area (Å²) in [6.45, 7) is 3.83. The van der Waals surface area contributed by atoms with E-state index >= 15 is 0 Å². The van der Waals surface area contributed by atoms with Crippen molar-refractivity contribution in [3.63, 3.8) is 0 Å². The summed E-state index contributed by atoms with van der Waals surface area (Å²) in [4.78, 5) is 15.7. The number of amides is 1. The van der Waals surface area contributed by atoms with Gasteiger partial charge >= 0.3 is 0 Å². The normalized spacial score (nSPS) is 12.2. The maximum absolute atomic E-state index is 11.5. The Morgan fingerprint density at radius 2 is 2.06 bits per heavy atom. The number of benzene rings is 1. The highest BCUT2D eigenvalue weighted by atomic mass is 79.9. The van der Waals surface area contributed by atoms with Gasteiger partial charge in [-0.3, -0.25) is 4.79 Å². The van der Waals surface area contributed by atoms with Crippen molar-refractivity contribution in [1.29, 1.82) is 0 Å². The summed E-state index contributed by atoms with van der Waals surface area (Å²) in [5.74, 6) is -0.0835. The van der Waals surface area contributed by atoms with E-state index in [9.17, 15) is 4.79 Å². The van der Waals surface area contributed by atoms with E-state index in [0.717, 1.165) is 11.3 Å². The van der Waals surface area contributed by atoms with Crippen LogP contribution in [0.5, 0.6) is 0 Å². The van der Waals surface area contributed by atoms with Crippen LogP contribution in [0.15, 0.2) is 29.6 Å². The van der Waals surface area contributed by atoms with Gasteiger partial charge in [-0.25, -0.2) is 4.98 Å². The van der Waals surface area contributed by atoms with E-state index < -0.39 is 0 Å². The minimum Gasteiger partial charge on any atom is -0.301 e. The average molecular weight is 325 g/mol. The standard InChI is InChI=1S/C13H13BrN2OS/c1-8-3-5-10(6-4-8)11-7-18-13(15-11)16-12(17)9(2)14/h3-7,9H,1-2H3,(H,15,16,17). The number of halogens is 1. The quantitative estimate of drug-likeness (QED) is 0.871. The van der Waals surface area contributed by atoms with Gasteiger partial charge in [0.2, 0.25) is 5.91 Å². The summed E-state index contributed by atoms with van der Waals surface area (Å²) >= 11 is 4.65. The molecule has 3 nitrogen and oxygen atoms in total. The van der Waals surface area contributed by atoms with Crippen molar-refractivity contribution in [3.05, 3.63) is 35.2 Å². The van der Waals surface area contributed by atoms with Crippen LogP contribution in [0.3, 0.4) is 0 Å². The van der Waals surface area contributed by atoms with Gasteiger partial charge in [-0.2, -0.15) is 0 Å². The van der Waals surface area contributed by atoms with E-state index in [2.05, 4.69) is 26.2 Å². The monoisotopic (exact) mass is 324 g/mol. The Morgan fingerprint density at radius 1 is 1.39 bits per heavy atom. The number of anilines is 1. The molecule has 0 saturated carbocycles. The van der Waals surface area contributed by atoms with Crippen LogP contribution in [0, 0.1) is 6.92 Å². The van der Waals surface area contributed by atoms with Gasteiger partial charge in [0.15, 0.2) is 5.13 Å². The molecule has 18 heavy (non-hydrogen) atoms. The molecule has 1 unspecified atom stereocenters. The van der Waals surface area contributed by atoms with E-state index in [1.54, 1.807) is 6.92 Å². The second-order valence-corrected chi connectivity index (χ2v) is 6.24. The first-order valence-corrected chi connectivity index (χ1v) is 7.33. The van der Waals surface area contributed by atoms with Crippen molar-refractivity contribution in [3.8, 4) is 11.3 Å². The molecule has 0 aliphatic heterocycles. The predicted octanol–water partition coefficient (Wildman–Crippen LogP) is 3.84. The molecule has 5 heteroatoms. The fourth-order valence-electron chi connectivity index (χ4n) is 1.39. The second-order valence-electron chi connectivity index (χ2n) is 4.01. The average Bonchev–Trinajstić information content (AvgIpc) is 2.78. The summed E-state index contributed by atoms with van der Waals surface area (Å²) < 4.78 is 0. The van der Waals surface area contributed by atoms with Gasteiger partial charge in [0, 0.05) is 10.9 Å². The highest BCUT2D eigenvalue weighted by Crippen LogP contribution is 2.25. The highest BCUT2D eigenvalue weighted by molar-refractivity contribution is 9.10. The summed E-state index contributed by atoms with van der Waals surface area (Å²) in [6, 6.07) is 8.16. The zero-order valence-corrected chi connectivity index (χ0v) is 12.5. The second kappa shape index (κ2) is 5.63. The molecule has 1 amide bonds. The molecule has 0 saturated heterocycles. The molecule has 2 aromatic rings. The minimum absolute atomic E-state index is 0.0835. The first-order chi connectivity index (χ1) is 8.56. The SMILES string of the molecule is Cc1ccc(-c2csc(NC(=O)C(C)Br)n2)cc1. The van der Waals surface area contributed by atoms with Crippen LogP contribution in [-0.4, -0.2) is 15.7 Å². The molecule has 1 N–H and O–H groups in total. The third-order valence-corrected chi connectivity index (χ3v) is 3.62. The third-order valence-electron chi connectivity index (χ3n) is 2.44. The Kier molecular flexibility index (Phi) is 4.14. The summed E-state index contributed by atoms with van der Waals surface area (Å²) in [6.07, 6.45) is 0. The zero-order chi connectivity index (χ0) is 13.1. The van der Waals surface area contributed by atoms with E-state index in [1.807, 2.05) is 36.6 Å². The fourth-order valence-corrected chi connectivity index (χ4v) is 2.23. The van der Waals surface area contributed by atoms with Crippen LogP contribution < -0.4 is 5.32 Å². The molecule has 0 spiro atoms. The number of carbonyl (C=O) groups is 1. The largest absolute Gasteiger partial charge is 0.301 e. The molecule has 1 aromatic carbocycles. The highest BCUT2D eigenvalue weighted by Gasteiger charge is 2.11. The Labute approximate surface area is 118 Å². The molecule has 1 aromatic heterocycles. The van der Waals surface area contributed by atoms with E-state index in [-0.39, 0.29) is 10.7 Å². The molecule has 0 fully saturated rings. The molecular formula is C13H13BrN2OS. The molecule has 1 atom stereocenters.